The first-order chi connectivity index (χ1) is 14.8. The molecule has 3 rings (SSSR count). The molecule has 0 fully saturated rings. The summed E-state index contributed by atoms with van der Waals surface area (Å²) < 4.78 is 12.8. The van der Waals surface area contributed by atoms with Gasteiger partial charge >= 0.3 is 5.97 Å². The molecule has 0 unspecified atom stereocenters. The van der Waals surface area contributed by atoms with Crippen molar-refractivity contribution in [3.8, 4) is 5.75 Å². The zero-order valence-electron chi connectivity index (χ0n) is 17.8. The molecule has 31 heavy (non-hydrogen) atoms. The van der Waals surface area contributed by atoms with E-state index in [4.69, 9.17) is 9.47 Å². The zero-order valence-corrected chi connectivity index (χ0v) is 19.4. The van der Waals surface area contributed by atoms with Crippen molar-refractivity contribution in [2.75, 3.05) is 6.61 Å². The van der Waals surface area contributed by atoms with Crippen LogP contribution in [0.5, 0.6) is 5.75 Å². The van der Waals surface area contributed by atoms with E-state index >= 15 is 0 Å². The molecule has 0 aliphatic carbocycles. The summed E-state index contributed by atoms with van der Waals surface area (Å²) in [5, 5.41) is 4.89. The molecular weight excluding hydrogens is 462 g/mol. The number of hydrogen-bond donors (Lipinski definition) is 0. The maximum atomic E-state index is 13.1. The summed E-state index contributed by atoms with van der Waals surface area (Å²) in [6.07, 6.45) is 1.32. The fourth-order valence-corrected chi connectivity index (χ4v) is 3.28. The Kier molecular flexibility index (Phi) is 7.22. The first-order valence-corrected chi connectivity index (χ1v) is 10.7. The predicted octanol–water partition coefficient (Wildman–Crippen LogP) is 4.50. The van der Waals surface area contributed by atoms with Gasteiger partial charge in [0.05, 0.1) is 23.2 Å². The fourth-order valence-electron chi connectivity index (χ4n) is 2.92. The first-order valence-electron chi connectivity index (χ1n) is 9.94. The number of aromatic nitrogens is 2. The molecule has 0 amide bonds. The minimum absolute atomic E-state index is 0.0183. The van der Waals surface area contributed by atoms with Crippen LogP contribution in [0.25, 0.3) is 10.9 Å². The summed E-state index contributed by atoms with van der Waals surface area (Å²) in [5.74, 6) is 0.539. The number of rotatable bonds is 7. The van der Waals surface area contributed by atoms with E-state index in [-0.39, 0.29) is 24.2 Å². The van der Waals surface area contributed by atoms with Crippen LogP contribution < -0.4 is 10.3 Å². The standard InChI is InChI=1S/C23H24BrN3O4/c1-14(2)22-26-19-10-9-17(24)11-18(19)23(29)27(22)25-12-16-7-5-6-8-20(16)30-13-21(28)31-15(3)4/h5-12,14-15H,13H2,1-4H3. The normalized spacial score (nSPS) is 11.6. The lowest BCUT2D eigenvalue weighted by Crippen LogP contribution is -2.23. The Morgan fingerprint density at radius 2 is 1.94 bits per heavy atom. The highest BCUT2D eigenvalue weighted by Gasteiger charge is 2.14. The van der Waals surface area contributed by atoms with Crippen molar-refractivity contribution in [3.63, 3.8) is 0 Å². The number of carbonyl (C=O) groups is 1. The second-order valence-corrected chi connectivity index (χ2v) is 8.43. The van der Waals surface area contributed by atoms with Crippen molar-refractivity contribution < 1.29 is 14.3 Å². The van der Waals surface area contributed by atoms with Crippen molar-refractivity contribution in [2.24, 2.45) is 5.10 Å². The Labute approximate surface area is 188 Å². The van der Waals surface area contributed by atoms with E-state index in [0.717, 1.165) is 4.47 Å². The van der Waals surface area contributed by atoms with E-state index in [1.54, 1.807) is 44.2 Å². The van der Waals surface area contributed by atoms with E-state index in [9.17, 15) is 9.59 Å². The Bertz CT molecular complexity index is 1190. The largest absolute Gasteiger partial charge is 0.481 e. The van der Waals surface area contributed by atoms with Crippen LogP contribution in [0.15, 0.2) is 56.8 Å². The van der Waals surface area contributed by atoms with Crippen molar-refractivity contribution >= 4 is 39.0 Å². The van der Waals surface area contributed by atoms with Gasteiger partial charge in [-0.1, -0.05) is 41.9 Å². The highest BCUT2D eigenvalue weighted by molar-refractivity contribution is 9.10. The zero-order chi connectivity index (χ0) is 22.5. The SMILES string of the molecule is CC(C)OC(=O)COc1ccccc1C=Nn1c(C(C)C)nc2ccc(Br)cc2c1=O. The van der Waals surface area contributed by atoms with Gasteiger partial charge in [-0.25, -0.2) is 9.78 Å². The maximum Gasteiger partial charge on any atom is 0.344 e. The maximum absolute atomic E-state index is 13.1. The number of ether oxygens (including phenoxy) is 2. The van der Waals surface area contributed by atoms with Crippen molar-refractivity contribution in [1.29, 1.82) is 0 Å². The molecule has 3 aromatic rings. The molecule has 2 aromatic carbocycles. The van der Waals surface area contributed by atoms with Crippen LogP contribution in [0.1, 0.15) is 45.0 Å². The molecule has 162 valence electrons. The van der Waals surface area contributed by atoms with Gasteiger partial charge in [-0.15, -0.1) is 0 Å². The van der Waals surface area contributed by atoms with Crippen LogP contribution in [0, 0.1) is 0 Å². The highest BCUT2D eigenvalue weighted by Crippen LogP contribution is 2.20. The Morgan fingerprint density at radius 1 is 1.19 bits per heavy atom. The Hall–Kier alpha value is -3.00. The summed E-state index contributed by atoms with van der Waals surface area (Å²) in [6, 6.07) is 12.5. The molecule has 0 saturated heterocycles. The van der Waals surface area contributed by atoms with Crippen molar-refractivity contribution in [2.45, 2.75) is 39.7 Å². The van der Waals surface area contributed by atoms with Gasteiger partial charge in [0.2, 0.25) is 0 Å². The molecule has 0 spiro atoms. The topological polar surface area (TPSA) is 82.8 Å². The number of benzene rings is 2. The van der Waals surface area contributed by atoms with E-state index in [2.05, 4.69) is 26.0 Å². The molecule has 0 atom stereocenters. The number of hydrogen-bond acceptors (Lipinski definition) is 6. The summed E-state index contributed by atoms with van der Waals surface area (Å²) in [4.78, 5) is 29.6. The van der Waals surface area contributed by atoms with E-state index < -0.39 is 5.97 Å². The molecule has 0 bridgehead atoms. The van der Waals surface area contributed by atoms with Gasteiger partial charge in [0.25, 0.3) is 5.56 Å². The van der Waals surface area contributed by atoms with Gasteiger partial charge in [-0.3, -0.25) is 4.79 Å². The second kappa shape index (κ2) is 9.87. The average Bonchev–Trinajstić information content (AvgIpc) is 2.72. The lowest BCUT2D eigenvalue weighted by Gasteiger charge is -2.13. The Morgan fingerprint density at radius 3 is 2.65 bits per heavy atom. The van der Waals surface area contributed by atoms with Gasteiger partial charge < -0.3 is 9.47 Å². The second-order valence-electron chi connectivity index (χ2n) is 7.51. The van der Waals surface area contributed by atoms with Gasteiger partial charge in [0, 0.05) is 16.0 Å². The third-order valence-electron chi connectivity index (χ3n) is 4.29. The van der Waals surface area contributed by atoms with Crippen molar-refractivity contribution in [3.05, 3.63) is 68.7 Å². The number of fused-ring (bicyclic) bond motifs is 1. The fraction of sp³-hybridized carbons (Fsp3) is 0.304. The molecule has 0 aliphatic heterocycles. The summed E-state index contributed by atoms with van der Waals surface area (Å²) >= 11 is 3.40. The van der Waals surface area contributed by atoms with Crippen molar-refractivity contribution in [1.82, 2.24) is 9.66 Å². The molecular formula is C23H24BrN3O4. The third-order valence-corrected chi connectivity index (χ3v) is 4.79. The first kappa shape index (κ1) is 22.7. The lowest BCUT2D eigenvalue weighted by atomic mass is 10.2. The van der Waals surface area contributed by atoms with Gasteiger partial charge in [0.1, 0.15) is 11.6 Å². The number of nitrogens with zero attached hydrogens (tertiary/aromatic N) is 3. The summed E-state index contributed by atoms with van der Waals surface area (Å²) in [6.45, 7) is 7.24. The van der Waals surface area contributed by atoms with E-state index in [1.807, 2.05) is 26.0 Å². The van der Waals surface area contributed by atoms with Crippen LogP contribution >= 0.6 is 15.9 Å². The minimum Gasteiger partial charge on any atom is -0.481 e. The average molecular weight is 486 g/mol. The quantitative estimate of drug-likeness (QED) is 0.363. The van der Waals surface area contributed by atoms with Crippen LogP contribution in [0.4, 0.5) is 0 Å². The van der Waals surface area contributed by atoms with Gasteiger partial charge in [-0.2, -0.15) is 9.78 Å². The Balaban J connectivity index is 1.97. The third kappa shape index (κ3) is 5.58. The molecule has 0 saturated carbocycles. The molecule has 1 aromatic heterocycles. The predicted molar refractivity (Wildman–Crippen MR) is 124 cm³/mol. The van der Waals surface area contributed by atoms with Crippen LogP contribution in [0.3, 0.4) is 0 Å². The minimum atomic E-state index is -0.454. The number of para-hydroxylation sites is 1. The van der Waals surface area contributed by atoms with E-state index in [1.165, 1.54) is 10.9 Å². The van der Waals surface area contributed by atoms with Crippen LogP contribution in [-0.4, -0.2) is 34.6 Å². The number of esters is 1. The monoisotopic (exact) mass is 485 g/mol. The van der Waals surface area contributed by atoms with Crippen LogP contribution in [-0.2, 0) is 9.53 Å². The molecule has 0 N–H and O–H groups in total. The number of carbonyl (C=O) groups excluding carboxylic acids is 1. The van der Waals surface area contributed by atoms with Gasteiger partial charge in [0.15, 0.2) is 6.61 Å². The van der Waals surface area contributed by atoms with Crippen LogP contribution in [0.2, 0.25) is 0 Å². The van der Waals surface area contributed by atoms with Gasteiger partial charge in [-0.05, 0) is 44.2 Å². The highest BCUT2D eigenvalue weighted by atomic mass is 79.9. The smallest absolute Gasteiger partial charge is 0.344 e. The molecule has 0 radical (unpaired) electrons. The molecule has 7 nitrogen and oxygen atoms in total. The molecule has 0 aliphatic rings. The van der Waals surface area contributed by atoms with E-state index in [0.29, 0.717) is 28.0 Å². The summed E-state index contributed by atoms with van der Waals surface area (Å²) in [7, 11) is 0. The molecule has 1 heterocycles. The lowest BCUT2D eigenvalue weighted by molar-refractivity contribution is -0.149. The molecule has 8 heteroatoms. The summed E-state index contributed by atoms with van der Waals surface area (Å²) in [5.41, 5.74) is 0.983. The number of halogens is 1.